The number of fused-ring (bicyclic) bond motifs is 1. The summed E-state index contributed by atoms with van der Waals surface area (Å²) in [4.78, 5) is 12.8. The number of hydrogen-bond acceptors (Lipinski definition) is 4. The maximum atomic E-state index is 12.6. The number of benzene rings is 2. The smallest absolute Gasteiger partial charge is 0.261 e. The molecule has 0 unspecified atom stereocenters. The van der Waals surface area contributed by atoms with Crippen LogP contribution in [0.15, 0.2) is 52.3 Å². The van der Waals surface area contributed by atoms with Gasteiger partial charge in [0.05, 0.1) is 16.3 Å². The van der Waals surface area contributed by atoms with E-state index in [2.05, 4.69) is 10.0 Å². The summed E-state index contributed by atoms with van der Waals surface area (Å²) in [5.41, 5.74) is 0.896. The topological polar surface area (TPSA) is 75.3 Å². The average Bonchev–Trinajstić information content (AvgIpc) is 2.62. The molecule has 0 bridgehead atoms. The third-order valence-electron chi connectivity index (χ3n) is 3.41. The van der Waals surface area contributed by atoms with Gasteiger partial charge in [-0.25, -0.2) is 8.42 Å². The summed E-state index contributed by atoms with van der Waals surface area (Å²) in [5.74, 6) is -0.119. The van der Waals surface area contributed by atoms with Crippen LogP contribution in [0, 0.1) is 0 Å². The van der Waals surface area contributed by atoms with Gasteiger partial charge in [0.1, 0.15) is 0 Å². The Hall–Kier alpha value is -1.70. The lowest BCUT2D eigenvalue weighted by Crippen LogP contribution is -2.15. The lowest BCUT2D eigenvalue weighted by atomic mass is 10.3. The highest BCUT2D eigenvalue weighted by Gasteiger charge is 2.22. The first kappa shape index (κ1) is 17.1. The maximum Gasteiger partial charge on any atom is 0.261 e. The quantitative estimate of drug-likeness (QED) is 0.842. The molecule has 1 aliphatic heterocycles. The molecule has 0 spiro atoms. The van der Waals surface area contributed by atoms with Gasteiger partial charge in [-0.3, -0.25) is 9.52 Å². The first-order valence-corrected chi connectivity index (χ1v) is 9.96. The van der Waals surface area contributed by atoms with E-state index >= 15 is 0 Å². The molecule has 2 N–H and O–H groups in total. The van der Waals surface area contributed by atoms with E-state index in [9.17, 15) is 13.2 Å². The molecule has 0 saturated carbocycles. The van der Waals surface area contributed by atoms with Crippen molar-refractivity contribution in [3.63, 3.8) is 0 Å². The highest BCUT2D eigenvalue weighted by Crippen LogP contribution is 2.36. The Balaban J connectivity index is 1.93. The van der Waals surface area contributed by atoms with Crippen LogP contribution in [0.25, 0.3) is 0 Å². The molecular formula is C16H15ClN2O3S2. The third kappa shape index (κ3) is 3.85. The number of rotatable bonds is 3. The summed E-state index contributed by atoms with van der Waals surface area (Å²) in [6.45, 7) is 1.96. The van der Waals surface area contributed by atoms with Gasteiger partial charge in [0, 0.05) is 21.6 Å². The molecule has 0 fully saturated rings. The molecule has 0 aliphatic carbocycles. The van der Waals surface area contributed by atoms with Gasteiger partial charge in [-0.05, 0) is 36.4 Å². The normalized spacial score (nSPS) is 17.6. The van der Waals surface area contributed by atoms with Gasteiger partial charge in [0.15, 0.2) is 0 Å². The fraction of sp³-hybridized carbons (Fsp3) is 0.188. The van der Waals surface area contributed by atoms with Gasteiger partial charge in [0.25, 0.3) is 10.0 Å². The zero-order valence-electron chi connectivity index (χ0n) is 12.7. The number of anilines is 2. The van der Waals surface area contributed by atoms with Crippen molar-refractivity contribution in [1.82, 2.24) is 0 Å². The number of thioether (sulfide) groups is 1. The highest BCUT2D eigenvalue weighted by atomic mass is 35.5. The monoisotopic (exact) mass is 382 g/mol. The second kappa shape index (κ2) is 6.66. The minimum Gasteiger partial charge on any atom is -0.325 e. The number of halogens is 1. The molecule has 1 atom stereocenters. The first-order chi connectivity index (χ1) is 11.3. The van der Waals surface area contributed by atoms with E-state index in [1.807, 2.05) is 6.92 Å². The van der Waals surface area contributed by atoms with Gasteiger partial charge < -0.3 is 5.32 Å². The van der Waals surface area contributed by atoms with Crippen molar-refractivity contribution in [2.45, 2.75) is 28.4 Å². The number of carbonyl (C=O) groups is 1. The van der Waals surface area contributed by atoms with Gasteiger partial charge in [-0.2, -0.15) is 0 Å². The molecular weight excluding hydrogens is 368 g/mol. The molecule has 126 valence electrons. The van der Waals surface area contributed by atoms with Crippen molar-refractivity contribution in [1.29, 1.82) is 0 Å². The van der Waals surface area contributed by atoms with Crippen LogP contribution in [0.4, 0.5) is 11.4 Å². The van der Waals surface area contributed by atoms with Crippen LogP contribution in [0.3, 0.4) is 0 Å². The molecule has 1 amide bonds. The van der Waals surface area contributed by atoms with Crippen LogP contribution in [-0.2, 0) is 14.8 Å². The van der Waals surface area contributed by atoms with Crippen LogP contribution in [0.5, 0.6) is 0 Å². The Morgan fingerprint density at radius 2 is 2.04 bits per heavy atom. The van der Waals surface area contributed by atoms with Crippen LogP contribution in [0.2, 0.25) is 5.02 Å². The molecule has 24 heavy (non-hydrogen) atoms. The summed E-state index contributed by atoms with van der Waals surface area (Å²) in [6, 6.07) is 11.2. The summed E-state index contributed by atoms with van der Waals surface area (Å²) < 4.78 is 27.6. The Bertz CT molecular complexity index is 900. The zero-order chi connectivity index (χ0) is 17.3. The van der Waals surface area contributed by atoms with E-state index in [0.29, 0.717) is 22.8 Å². The standard InChI is InChI=1S/C16H15ClN2O3S2/c1-10-7-16(20)18-14-9-13(5-6-15(14)23-10)24(21,22)19-12-4-2-3-11(17)8-12/h2-6,8-10,19H,7H2,1H3,(H,18,20)/t10-/m1/s1. The largest absolute Gasteiger partial charge is 0.325 e. The summed E-state index contributed by atoms with van der Waals surface area (Å²) in [7, 11) is -3.78. The number of carbonyl (C=O) groups excluding carboxylic acids is 1. The summed E-state index contributed by atoms with van der Waals surface area (Å²) in [6.07, 6.45) is 0.391. The Kier molecular flexibility index (Phi) is 4.76. The number of sulfonamides is 1. The SMILES string of the molecule is C[C@@H]1CC(=O)Nc2cc(S(=O)(=O)Nc3cccc(Cl)c3)ccc2S1. The van der Waals surface area contributed by atoms with Gasteiger partial charge in [-0.15, -0.1) is 11.8 Å². The van der Waals surface area contributed by atoms with Crippen LogP contribution in [0.1, 0.15) is 13.3 Å². The van der Waals surface area contributed by atoms with Crippen molar-refractivity contribution in [3.8, 4) is 0 Å². The zero-order valence-corrected chi connectivity index (χ0v) is 15.1. The van der Waals surface area contributed by atoms with Crippen molar-refractivity contribution < 1.29 is 13.2 Å². The van der Waals surface area contributed by atoms with Gasteiger partial charge in [0.2, 0.25) is 5.91 Å². The second-order valence-electron chi connectivity index (χ2n) is 5.45. The van der Waals surface area contributed by atoms with Crippen LogP contribution in [-0.4, -0.2) is 19.6 Å². The predicted octanol–water partition coefficient (Wildman–Crippen LogP) is 3.96. The van der Waals surface area contributed by atoms with E-state index in [4.69, 9.17) is 11.6 Å². The molecule has 1 aliphatic rings. The van der Waals surface area contributed by atoms with Crippen molar-refractivity contribution >= 4 is 50.7 Å². The number of nitrogens with one attached hydrogen (secondary N) is 2. The molecule has 0 radical (unpaired) electrons. The van der Waals surface area contributed by atoms with Crippen molar-refractivity contribution in [3.05, 3.63) is 47.5 Å². The van der Waals surface area contributed by atoms with E-state index < -0.39 is 10.0 Å². The lowest BCUT2D eigenvalue weighted by molar-refractivity contribution is -0.116. The molecule has 2 aromatic rings. The van der Waals surface area contributed by atoms with Crippen molar-refractivity contribution in [2.24, 2.45) is 0 Å². The van der Waals surface area contributed by atoms with E-state index in [1.165, 1.54) is 18.2 Å². The minimum absolute atomic E-state index is 0.0803. The Labute approximate surface area is 149 Å². The van der Waals surface area contributed by atoms with Crippen LogP contribution >= 0.6 is 23.4 Å². The Morgan fingerprint density at radius 1 is 1.25 bits per heavy atom. The molecule has 8 heteroatoms. The van der Waals surface area contributed by atoms with Crippen LogP contribution < -0.4 is 10.0 Å². The molecule has 5 nitrogen and oxygen atoms in total. The lowest BCUT2D eigenvalue weighted by Gasteiger charge is -2.12. The fourth-order valence-corrected chi connectivity index (χ4v) is 4.68. The number of hydrogen-bond donors (Lipinski definition) is 2. The predicted molar refractivity (Wildman–Crippen MR) is 97.3 cm³/mol. The maximum absolute atomic E-state index is 12.6. The van der Waals surface area contributed by atoms with E-state index in [0.717, 1.165) is 4.90 Å². The minimum atomic E-state index is -3.78. The molecule has 2 aromatic carbocycles. The van der Waals surface area contributed by atoms with Gasteiger partial charge >= 0.3 is 0 Å². The van der Waals surface area contributed by atoms with E-state index in [-0.39, 0.29) is 16.1 Å². The molecule has 3 rings (SSSR count). The average molecular weight is 383 g/mol. The highest BCUT2D eigenvalue weighted by molar-refractivity contribution is 8.00. The first-order valence-electron chi connectivity index (χ1n) is 7.22. The molecule has 1 heterocycles. The molecule has 0 saturated heterocycles. The second-order valence-corrected chi connectivity index (χ2v) is 9.05. The Morgan fingerprint density at radius 3 is 2.79 bits per heavy atom. The van der Waals surface area contributed by atoms with Gasteiger partial charge in [-0.1, -0.05) is 24.6 Å². The van der Waals surface area contributed by atoms with E-state index in [1.54, 1.807) is 36.0 Å². The fourth-order valence-electron chi connectivity index (χ4n) is 2.36. The van der Waals surface area contributed by atoms with Crippen molar-refractivity contribution in [2.75, 3.05) is 10.0 Å². The summed E-state index contributed by atoms with van der Waals surface area (Å²) in [5, 5.41) is 3.34. The third-order valence-corrected chi connectivity index (χ3v) is 6.21. The summed E-state index contributed by atoms with van der Waals surface area (Å²) >= 11 is 7.42. The number of amides is 1. The molecule has 0 aromatic heterocycles.